The van der Waals surface area contributed by atoms with Gasteiger partial charge < -0.3 is 4.98 Å². The first-order valence-corrected chi connectivity index (χ1v) is 6.75. The van der Waals surface area contributed by atoms with E-state index in [-0.39, 0.29) is 10.3 Å². The van der Waals surface area contributed by atoms with Crippen molar-refractivity contribution in [1.82, 2.24) is 4.98 Å². The zero-order valence-electron chi connectivity index (χ0n) is 10.0. The van der Waals surface area contributed by atoms with Gasteiger partial charge in [-0.05, 0) is 24.5 Å². The molecule has 0 radical (unpaired) electrons. The fourth-order valence-corrected chi connectivity index (χ4v) is 2.92. The Morgan fingerprint density at radius 3 is 2.71 bits per heavy atom. The second kappa shape index (κ2) is 5.05. The molecule has 0 saturated carbocycles. The SMILES string of the molecule is CC(C)CC(Br)c1cc(=O)c2ccccc2[nH]1. The molecule has 1 aromatic carbocycles. The zero-order valence-corrected chi connectivity index (χ0v) is 11.6. The van der Waals surface area contributed by atoms with Gasteiger partial charge in [-0.2, -0.15) is 0 Å². The Balaban J connectivity index is 2.46. The number of rotatable bonds is 3. The lowest BCUT2D eigenvalue weighted by atomic mass is 10.1. The summed E-state index contributed by atoms with van der Waals surface area (Å²) in [5.74, 6) is 0.592. The van der Waals surface area contributed by atoms with E-state index in [0.29, 0.717) is 5.92 Å². The van der Waals surface area contributed by atoms with Crippen LogP contribution in [0.3, 0.4) is 0 Å². The summed E-state index contributed by atoms with van der Waals surface area (Å²) in [6.45, 7) is 4.35. The molecule has 3 heteroatoms. The third-order valence-corrected chi connectivity index (χ3v) is 3.64. The van der Waals surface area contributed by atoms with E-state index in [2.05, 4.69) is 34.8 Å². The van der Waals surface area contributed by atoms with Crippen LogP contribution in [0, 0.1) is 5.92 Å². The topological polar surface area (TPSA) is 32.9 Å². The van der Waals surface area contributed by atoms with Crippen LogP contribution in [0.5, 0.6) is 0 Å². The maximum atomic E-state index is 11.9. The summed E-state index contributed by atoms with van der Waals surface area (Å²) in [7, 11) is 0. The van der Waals surface area contributed by atoms with Crippen LogP contribution in [0.15, 0.2) is 35.1 Å². The van der Waals surface area contributed by atoms with Crippen molar-refractivity contribution in [3.63, 3.8) is 0 Å². The highest BCUT2D eigenvalue weighted by molar-refractivity contribution is 9.09. The smallest absolute Gasteiger partial charge is 0.189 e. The van der Waals surface area contributed by atoms with Crippen LogP contribution in [0.1, 0.15) is 30.8 Å². The molecule has 2 aromatic rings. The lowest BCUT2D eigenvalue weighted by molar-refractivity contribution is 0.579. The average Bonchev–Trinajstić information content (AvgIpc) is 2.28. The van der Waals surface area contributed by atoms with Gasteiger partial charge in [-0.1, -0.05) is 41.9 Å². The highest BCUT2D eigenvalue weighted by atomic mass is 79.9. The molecule has 0 aliphatic rings. The number of aromatic nitrogens is 1. The molecule has 0 fully saturated rings. The van der Waals surface area contributed by atoms with Crippen LogP contribution in [-0.2, 0) is 0 Å². The number of halogens is 1. The summed E-state index contributed by atoms with van der Waals surface area (Å²) in [6, 6.07) is 9.31. The fourth-order valence-electron chi connectivity index (χ4n) is 1.93. The van der Waals surface area contributed by atoms with Crippen molar-refractivity contribution in [3.8, 4) is 0 Å². The number of aromatic amines is 1. The van der Waals surface area contributed by atoms with E-state index in [1.54, 1.807) is 6.07 Å². The van der Waals surface area contributed by atoms with E-state index in [1.807, 2.05) is 24.3 Å². The van der Waals surface area contributed by atoms with Crippen molar-refractivity contribution in [2.24, 2.45) is 5.92 Å². The Morgan fingerprint density at radius 2 is 2.00 bits per heavy atom. The van der Waals surface area contributed by atoms with Crippen LogP contribution >= 0.6 is 15.9 Å². The molecule has 1 unspecified atom stereocenters. The van der Waals surface area contributed by atoms with Crippen LogP contribution in [0.25, 0.3) is 10.9 Å². The molecule has 1 aromatic heterocycles. The Hall–Kier alpha value is -1.09. The molecule has 0 spiro atoms. The summed E-state index contributed by atoms with van der Waals surface area (Å²) >= 11 is 3.64. The molecule has 0 bridgehead atoms. The number of nitrogens with one attached hydrogen (secondary N) is 1. The van der Waals surface area contributed by atoms with Crippen molar-refractivity contribution < 1.29 is 0 Å². The van der Waals surface area contributed by atoms with Gasteiger partial charge in [0.2, 0.25) is 0 Å². The molecule has 0 aliphatic carbocycles. The summed E-state index contributed by atoms with van der Waals surface area (Å²) in [4.78, 5) is 15.5. The summed E-state index contributed by atoms with van der Waals surface area (Å²) in [5, 5.41) is 0.750. The third kappa shape index (κ3) is 2.78. The minimum Gasteiger partial charge on any atom is -0.357 e. The van der Waals surface area contributed by atoms with Gasteiger partial charge in [0.25, 0.3) is 0 Å². The highest BCUT2D eigenvalue weighted by Gasteiger charge is 2.12. The molecular weight excluding hydrogens is 278 g/mol. The first-order valence-electron chi connectivity index (χ1n) is 5.84. The van der Waals surface area contributed by atoms with Gasteiger partial charge in [0.05, 0.1) is 4.83 Å². The van der Waals surface area contributed by atoms with Gasteiger partial charge in [-0.15, -0.1) is 0 Å². The molecule has 1 atom stereocenters. The van der Waals surface area contributed by atoms with Gasteiger partial charge >= 0.3 is 0 Å². The number of alkyl halides is 1. The molecular formula is C14H16BrNO. The third-order valence-electron chi connectivity index (χ3n) is 2.77. The largest absolute Gasteiger partial charge is 0.357 e. The number of benzene rings is 1. The fraction of sp³-hybridized carbons (Fsp3) is 0.357. The predicted octanol–water partition coefficient (Wildman–Crippen LogP) is 4.01. The van der Waals surface area contributed by atoms with Crippen molar-refractivity contribution in [3.05, 3.63) is 46.2 Å². The molecule has 90 valence electrons. The highest BCUT2D eigenvalue weighted by Crippen LogP contribution is 2.28. The van der Waals surface area contributed by atoms with Gasteiger partial charge in [0.1, 0.15) is 0 Å². The molecule has 2 nitrogen and oxygen atoms in total. The van der Waals surface area contributed by atoms with Crippen molar-refractivity contribution in [1.29, 1.82) is 0 Å². The van der Waals surface area contributed by atoms with Gasteiger partial charge in [-0.25, -0.2) is 0 Å². The number of hydrogen-bond donors (Lipinski definition) is 1. The monoisotopic (exact) mass is 293 g/mol. The summed E-state index contributed by atoms with van der Waals surface area (Å²) in [5.41, 5.74) is 1.95. The number of pyridine rings is 1. The lowest BCUT2D eigenvalue weighted by Gasteiger charge is -2.13. The second-order valence-electron chi connectivity index (χ2n) is 4.73. The predicted molar refractivity (Wildman–Crippen MR) is 75.7 cm³/mol. The van der Waals surface area contributed by atoms with E-state index < -0.39 is 0 Å². The van der Waals surface area contributed by atoms with Gasteiger partial charge in [-0.3, -0.25) is 4.79 Å². The van der Waals surface area contributed by atoms with E-state index in [0.717, 1.165) is 23.0 Å². The molecule has 0 saturated heterocycles. The van der Waals surface area contributed by atoms with Crippen LogP contribution in [-0.4, -0.2) is 4.98 Å². The Morgan fingerprint density at radius 1 is 1.29 bits per heavy atom. The van der Waals surface area contributed by atoms with E-state index in [1.165, 1.54) is 0 Å². The molecule has 1 heterocycles. The van der Waals surface area contributed by atoms with Crippen molar-refractivity contribution in [2.75, 3.05) is 0 Å². The molecule has 2 rings (SSSR count). The lowest BCUT2D eigenvalue weighted by Crippen LogP contribution is -2.07. The zero-order chi connectivity index (χ0) is 12.4. The van der Waals surface area contributed by atoms with E-state index in [9.17, 15) is 4.79 Å². The maximum Gasteiger partial charge on any atom is 0.189 e. The number of fused-ring (bicyclic) bond motifs is 1. The molecule has 17 heavy (non-hydrogen) atoms. The van der Waals surface area contributed by atoms with Gasteiger partial charge in [0, 0.05) is 22.7 Å². The first kappa shape index (κ1) is 12.4. The van der Waals surface area contributed by atoms with E-state index in [4.69, 9.17) is 0 Å². The standard InChI is InChI=1S/C14H16BrNO/c1-9(2)7-11(15)13-8-14(17)10-5-3-4-6-12(10)16-13/h3-6,8-9,11H,7H2,1-2H3,(H,16,17). The van der Waals surface area contributed by atoms with Crippen molar-refractivity contribution >= 4 is 26.8 Å². The normalized spacial score (nSPS) is 13.2. The minimum atomic E-state index is 0.0857. The number of H-pyrrole nitrogens is 1. The Bertz CT molecular complexity index is 574. The van der Waals surface area contributed by atoms with Gasteiger partial charge in [0.15, 0.2) is 5.43 Å². The van der Waals surface area contributed by atoms with Crippen LogP contribution in [0.4, 0.5) is 0 Å². The number of para-hydroxylation sites is 1. The molecule has 0 aliphatic heterocycles. The summed E-state index contributed by atoms with van der Waals surface area (Å²) < 4.78 is 0. The first-order chi connectivity index (χ1) is 8.08. The number of hydrogen-bond acceptors (Lipinski definition) is 1. The van der Waals surface area contributed by atoms with Crippen LogP contribution in [0.2, 0.25) is 0 Å². The quantitative estimate of drug-likeness (QED) is 0.852. The van der Waals surface area contributed by atoms with Crippen molar-refractivity contribution in [2.45, 2.75) is 25.1 Å². The van der Waals surface area contributed by atoms with Crippen LogP contribution < -0.4 is 5.43 Å². The Kier molecular flexibility index (Phi) is 3.67. The minimum absolute atomic E-state index is 0.0857. The molecule has 1 N–H and O–H groups in total. The molecule has 0 amide bonds. The second-order valence-corrected chi connectivity index (χ2v) is 5.84. The summed E-state index contributed by atoms with van der Waals surface area (Å²) in [6.07, 6.45) is 1.01. The Labute approximate surface area is 109 Å². The maximum absolute atomic E-state index is 11.9. The van der Waals surface area contributed by atoms with E-state index >= 15 is 0 Å². The average molecular weight is 294 g/mol.